The minimum atomic E-state index is -4.48. The molecule has 1 aliphatic heterocycles. The first-order chi connectivity index (χ1) is 17.5. The molecule has 0 unspecified atom stereocenters. The number of halogens is 3. The summed E-state index contributed by atoms with van der Waals surface area (Å²) >= 11 is 0. The van der Waals surface area contributed by atoms with Gasteiger partial charge in [0, 0.05) is 17.8 Å². The SMILES string of the molecule is Cc1cc(NC(=O)N2CCC[C@@H]2C(=O)Nc2ccc(-c3ccc(C(=O)O)cc3)nc2)ccc1C(F)(F)F. The summed E-state index contributed by atoms with van der Waals surface area (Å²) in [6, 6.07) is 11.6. The number of rotatable bonds is 5. The fourth-order valence-electron chi connectivity index (χ4n) is 4.18. The van der Waals surface area contributed by atoms with Crippen LogP contribution in [0.4, 0.5) is 29.3 Å². The highest BCUT2D eigenvalue weighted by atomic mass is 19.4. The summed E-state index contributed by atoms with van der Waals surface area (Å²) in [4.78, 5) is 42.4. The van der Waals surface area contributed by atoms with E-state index in [1.54, 1.807) is 24.3 Å². The number of anilines is 2. The molecule has 0 radical (unpaired) electrons. The smallest absolute Gasteiger partial charge is 0.416 e. The number of benzene rings is 2. The number of alkyl halides is 3. The Kier molecular flexibility index (Phi) is 7.14. The topological polar surface area (TPSA) is 112 Å². The number of hydrogen-bond donors (Lipinski definition) is 3. The molecule has 3 aromatic rings. The van der Waals surface area contributed by atoms with Crippen LogP contribution in [-0.4, -0.2) is 45.5 Å². The van der Waals surface area contributed by atoms with Crippen molar-refractivity contribution >= 4 is 29.3 Å². The lowest BCUT2D eigenvalue weighted by Crippen LogP contribution is -2.45. The summed E-state index contributed by atoms with van der Waals surface area (Å²) in [5.74, 6) is -1.43. The lowest BCUT2D eigenvalue weighted by Gasteiger charge is -2.24. The Morgan fingerprint density at radius 1 is 1.00 bits per heavy atom. The van der Waals surface area contributed by atoms with E-state index in [1.165, 1.54) is 42.3 Å². The molecule has 1 atom stereocenters. The van der Waals surface area contributed by atoms with Gasteiger partial charge in [-0.3, -0.25) is 9.78 Å². The fraction of sp³-hybridized carbons (Fsp3) is 0.231. The molecule has 0 bridgehead atoms. The molecule has 0 spiro atoms. The van der Waals surface area contributed by atoms with Gasteiger partial charge >= 0.3 is 18.2 Å². The van der Waals surface area contributed by atoms with Crippen LogP contribution in [-0.2, 0) is 11.0 Å². The van der Waals surface area contributed by atoms with Crippen LogP contribution in [0.25, 0.3) is 11.3 Å². The van der Waals surface area contributed by atoms with Crippen LogP contribution in [0.3, 0.4) is 0 Å². The van der Waals surface area contributed by atoms with E-state index in [4.69, 9.17) is 5.11 Å². The second-order valence-corrected chi connectivity index (χ2v) is 8.61. The van der Waals surface area contributed by atoms with Crippen LogP contribution < -0.4 is 10.6 Å². The first-order valence-corrected chi connectivity index (χ1v) is 11.4. The zero-order chi connectivity index (χ0) is 26.7. The molecular weight excluding hydrogens is 489 g/mol. The van der Waals surface area contributed by atoms with Gasteiger partial charge in [0.25, 0.3) is 0 Å². The van der Waals surface area contributed by atoms with Gasteiger partial charge in [-0.25, -0.2) is 9.59 Å². The maximum absolute atomic E-state index is 13.0. The van der Waals surface area contributed by atoms with Crippen molar-refractivity contribution in [3.05, 3.63) is 77.5 Å². The molecule has 1 fully saturated rings. The average Bonchev–Trinajstić information content (AvgIpc) is 3.34. The van der Waals surface area contributed by atoms with Gasteiger partial charge in [-0.2, -0.15) is 13.2 Å². The molecule has 0 saturated carbocycles. The van der Waals surface area contributed by atoms with Gasteiger partial charge in [0.05, 0.1) is 28.7 Å². The molecule has 8 nitrogen and oxygen atoms in total. The Labute approximate surface area is 210 Å². The molecule has 1 aromatic heterocycles. The van der Waals surface area contributed by atoms with E-state index in [0.29, 0.717) is 36.3 Å². The summed E-state index contributed by atoms with van der Waals surface area (Å²) in [6.45, 7) is 1.64. The molecule has 2 aromatic carbocycles. The number of carbonyl (C=O) groups is 3. The summed E-state index contributed by atoms with van der Waals surface area (Å²) in [6.07, 6.45) is -1.99. The minimum absolute atomic E-state index is 0.0187. The Morgan fingerprint density at radius 2 is 1.70 bits per heavy atom. The normalized spacial score (nSPS) is 15.4. The Morgan fingerprint density at radius 3 is 2.30 bits per heavy atom. The third kappa shape index (κ3) is 5.88. The number of pyridine rings is 1. The molecule has 0 aliphatic carbocycles. The molecule has 2 heterocycles. The van der Waals surface area contributed by atoms with Crippen molar-refractivity contribution in [2.45, 2.75) is 32.0 Å². The van der Waals surface area contributed by atoms with Crippen molar-refractivity contribution in [2.24, 2.45) is 0 Å². The van der Waals surface area contributed by atoms with E-state index in [1.807, 2.05) is 0 Å². The number of likely N-dealkylation sites (tertiary alicyclic amines) is 1. The number of carboxylic acids is 1. The maximum Gasteiger partial charge on any atom is 0.416 e. The van der Waals surface area contributed by atoms with E-state index >= 15 is 0 Å². The number of carboxylic acid groups (broad SMARTS) is 1. The van der Waals surface area contributed by atoms with E-state index in [-0.39, 0.29) is 16.8 Å². The quantitative estimate of drug-likeness (QED) is 0.423. The third-order valence-corrected chi connectivity index (χ3v) is 6.06. The third-order valence-electron chi connectivity index (χ3n) is 6.06. The van der Waals surface area contributed by atoms with Crippen molar-refractivity contribution < 1.29 is 32.7 Å². The second kappa shape index (κ2) is 10.3. The van der Waals surface area contributed by atoms with E-state index in [2.05, 4.69) is 15.6 Å². The predicted octanol–water partition coefficient (Wildman–Crippen LogP) is 5.41. The van der Waals surface area contributed by atoms with Crippen molar-refractivity contribution in [3.63, 3.8) is 0 Å². The van der Waals surface area contributed by atoms with Crippen LogP contribution in [0.2, 0.25) is 0 Å². The van der Waals surface area contributed by atoms with Crippen LogP contribution >= 0.6 is 0 Å². The van der Waals surface area contributed by atoms with Crippen molar-refractivity contribution in [1.29, 1.82) is 0 Å². The highest BCUT2D eigenvalue weighted by Gasteiger charge is 2.35. The molecule has 192 valence electrons. The zero-order valence-electron chi connectivity index (χ0n) is 19.7. The summed E-state index contributed by atoms with van der Waals surface area (Å²) in [5, 5.41) is 14.3. The number of hydrogen-bond acceptors (Lipinski definition) is 4. The van der Waals surface area contributed by atoms with Crippen LogP contribution in [0, 0.1) is 6.92 Å². The Balaban J connectivity index is 1.39. The maximum atomic E-state index is 13.0. The minimum Gasteiger partial charge on any atom is -0.478 e. The van der Waals surface area contributed by atoms with E-state index in [0.717, 1.165) is 6.07 Å². The zero-order valence-corrected chi connectivity index (χ0v) is 19.7. The summed E-state index contributed by atoms with van der Waals surface area (Å²) in [7, 11) is 0. The highest BCUT2D eigenvalue weighted by molar-refractivity contribution is 5.99. The number of aromatic carboxylic acids is 1. The molecule has 37 heavy (non-hydrogen) atoms. The number of nitrogens with zero attached hydrogens (tertiary/aromatic N) is 2. The number of carbonyl (C=O) groups excluding carboxylic acids is 2. The number of amides is 3. The van der Waals surface area contributed by atoms with Crippen molar-refractivity contribution in [2.75, 3.05) is 17.2 Å². The standard InChI is InChI=1S/C26H23F3N4O4/c1-15-13-18(8-10-20(15)26(27,28)29)32-25(37)33-12-2-3-22(33)23(34)31-19-9-11-21(30-14-19)16-4-6-17(7-5-16)24(35)36/h4-11,13-14,22H,2-3,12H2,1H3,(H,31,34)(H,32,37)(H,35,36)/t22-/m1/s1. The molecule has 1 aliphatic rings. The van der Waals surface area contributed by atoms with Crippen LogP contribution in [0.15, 0.2) is 60.8 Å². The molecule has 3 amide bonds. The molecule has 11 heteroatoms. The van der Waals surface area contributed by atoms with Gasteiger partial charge in [-0.05, 0) is 67.8 Å². The lowest BCUT2D eigenvalue weighted by atomic mass is 10.1. The van der Waals surface area contributed by atoms with Crippen LogP contribution in [0.1, 0.15) is 34.3 Å². The number of nitrogens with one attached hydrogen (secondary N) is 2. The Hall–Kier alpha value is -4.41. The van der Waals surface area contributed by atoms with Gasteiger partial charge in [-0.1, -0.05) is 12.1 Å². The summed E-state index contributed by atoms with van der Waals surface area (Å²) in [5.41, 5.74) is 1.28. The molecular formula is C26H23F3N4O4. The highest BCUT2D eigenvalue weighted by Crippen LogP contribution is 2.33. The van der Waals surface area contributed by atoms with Crippen molar-refractivity contribution in [1.82, 2.24) is 9.88 Å². The fourth-order valence-corrected chi connectivity index (χ4v) is 4.18. The second-order valence-electron chi connectivity index (χ2n) is 8.61. The van der Waals surface area contributed by atoms with Gasteiger partial charge in [0.1, 0.15) is 6.04 Å². The molecule has 3 N–H and O–H groups in total. The van der Waals surface area contributed by atoms with Gasteiger partial charge in [0.15, 0.2) is 0 Å². The van der Waals surface area contributed by atoms with Gasteiger partial charge in [-0.15, -0.1) is 0 Å². The molecule has 1 saturated heterocycles. The monoisotopic (exact) mass is 512 g/mol. The average molecular weight is 512 g/mol. The van der Waals surface area contributed by atoms with Gasteiger partial charge < -0.3 is 20.6 Å². The van der Waals surface area contributed by atoms with E-state index < -0.39 is 35.7 Å². The van der Waals surface area contributed by atoms with Gasteiger partial charge in [0.2, 0.25) is 5.91 Å². The number of aromatic nitrogens is 1. The van der Waals surface area contributed by atoms with E-state index in [9.17, 15) is 27.6 Å². The van der Waals surface area contributed by atoms with Crippen LogP contribution in [0.5, 0.6) is 0 Å². The number of aryl methyl sites for hydroxylation is 1. The first kappa shape index (κ1) is 25.7. The summed E-state index contributed by atoms with van der Waals surface area (Å²) < 4.78 is 39.0. The molecule has 4 rings (SSSR count). The first-order valence-electron chi connectivity index (χ1n) is 11.4. The predicted molar refractivity (Wildman–Crippen MR) is 130 cm³/mol. The van der Waals surface area contributed by atoms with Crippen molar-refractivity contribution in [3.8, 4) is 11.3 Å². The lowest BCUT2D eigenvalue weighted by molar-refractivity contribution is -0.138. The largest absolute Gasteiger partial charge is 0.478 e. The number of urea groups is 1. The Bertz CT molecular complexity index is 1330.